The highest BCUT2D eigenvalue weighted by molar-refractivity contribution is 7.98. The van der Waals surface area contributed by atoms with Crippen LogP contribution < -0.4 is 11.5 Å². The molecule has 0 atom stereocenters. The maximum atomic E-state index is 5.19. The van der Waals surface area contributed by atoms with Crippen molar-refractivity contribution in [2.45, 2.75) is 19.0 Å². The summed E-state index contributed by atoms with van der Waals surface area (Å²) < 4.78 is 0. The molecule has 1 heterocycles. The molecule has 16 heavy (non-hydrogen) atoms. The van der Waals surface area contributed by atoms with Crippen molar-refractivity contribution in [3.8, 4) is 0 Å². The molecule has 0 amide bonds. The molecule has 7 heteroatoms. The number of guanidine groups is 1. The van der Waals surface area contributed by atoms with E-state index in [0.717, 1.165) is 16.4 Å². The third-order valence-corrected chi connectivity index (χ3v) is 2.41. The van der Waals surface area contributed by atoms with Gasteiger partial charge in [-0.3, -0.25) is 0 Å². The van der Waals surface area contributed by atoms with E-state index in [1.165, 1.54) is 11.8 Å². The van der Waals surface area contributed by atoms with Gasteiger partial charge in [-0.2, -0.15) is 5.10 Å². The van der Waals surface area contributed by atoms with Crippen LogP contribution in [-0.4, -0.2) is 27.9 Å². The first-order chi connectivity index (χ1) is 7.54. The van der Waals surface area contributed by atoms with E-state index in [0.29, 0.717) is 5.71 Å². The summed E-state index contributed by atoms with van der Waals surface area (Å²) in [4.78, 5) is 8.47. The number of hydrogen-bond acceptors (Lipinski definition) is 5. The zero-order valence-corrected chi connectivity index (χ0v) is 10.2. The molecule has 0 aromatic carbocycles. The van der Waals surface area contributed by atoms with E-state index in [9.17, 15) is 0 Å². The van der Waals surface area contributed by atoms with Crippen molar-refractivity contribution >= 4 is 23.4 Å². The Balaban J connectivity index is 3.05. The molecular formula is C9H14N6S. The molecule has 1 rings (SSSR count). The molecule has 6 nitrogen and oxygen atoms in total. The summed E-state index contributed by atoms with van der Waals surface area (Å²) in [5.41, 5.74) is 12.7. The highest BCUT2D eigenvalue weighted by Gasteiger charge is 2.05. The molecule has 0 unspecified atom stereocenters. The SMILES string of the molecule is CSc1ncc(/C(C)=N/N=C(N)N)c(C)n1. The molecule has 86 valence electrons. The third-order valence-electron chi connectivity index (χ3n) is 1.85. The summed E-state index contributed by atoms with van der Waals surface area (Å²) in [6.07, 6.45) is 3.64. The smallest absolute Gasteiger partial charge is 0.211 e. The number of aromatic nitrogens is 2. The van der Waals surface area contributed by atoms with Crippen LogP contribution in [0.15, 0.2) is 21.6 Å². The lowest BCUT2D eigenvalue weighted by Crippen LogP contribution is -2.22. The predicted molar refractivity (Wildman–Crippen MR) is 66.6 cm³/mol. The maximum Gasteiger partial charge on any atom is 0.211 e. The van der Waals surface area contributed by atoms with Gasteiger partial charge in [0.15, 0.2) is 5.16 Å². The van der Waals surface area contributed by atoms with E-state index in [1.54, 1.807) is 13.1 Å². The largest absolute Gasteiger partial charge is 0.369 e. The van der Waals surface area contributed by atoms with Crippen molar-refractivity contribution < 1.29 is 0 Å². The zero-order chi connectivity index (χ0) is 12.1. The first kappa shape index (κ1) is 12.4. The Morgan fingerprint density at radius 3 is 2.56 bits per heavy atom. The summed E-state index contributed by atoms with van der Waals surface area (Å²) in [6.45, 7) is 3.70. The summed E-state index contributed by atoms with van der Waals surface area (Å²) in [6, 6.07) is 0. The van der Waals surface area contributed by atoms with Crippen LogP contribution in [0.25, 0.3) is 0 Å². The summed E-state index contributed by atoms with van der Waals surface area (Å²) in [5.74, 6) is -0.0707. The Morgan fingerprint density at radius 2 is 2.06 bits per heavy atom. The average Bonchev–Trinajstić information content (AvgIpc) is 2.25. The lowest BCUT2D eigenvalue weighted by molar-refractivity contribution is 0.928. The van der Waals surface area contributed by atoms with Gasteiger partial charge in [0.05, 0.1) is 11.4 Å². The molecule has 0 radical (unpaired) electrons. The zero-order valence-electron chi connectivity index (χ0n) is 9.43. The second-order valence-electron chi connectivity index (χ2n) is 3.07. The quantitative estimate of drug-likeness (QED) is 0.262. The first-order valence-corrected chi connectivity index (χ1v) is 5.78. The van der Waals surface area contributed by atoms with Crippen molar-refractivity contribution in [2.24, 2.45) is 21.7 Å². The minimum atomic E-state index is -0.0707. The van der Waals surface area contributed by atoms with Crippen molar-refractivity contribution in [3.05, 3.63) is 17.5 Å². The lowest BCUT2D eigenvalue weighted by atomic mass is 10.2. The Bertz CT molecular complexity index is 436. The van der Waals surface area contributed by atoms with Crippen LogP contribution in [0, 0.1) is 6.92 Å². The summed E-state index contributed by atoms with van der Waals surface area (Å²) in [5, 5.41) is 8.19. The number of thioether (sulfide) groups is 1. The Labute approximate surface area is 98.3 Å². The predicted octanol–water partition coefficient (Wildman–Crippen LogP) is 0.504. The summed E-state index contributed by atoms with van der Waals surface area (Å²) >= 11 is 1.49. The van der Waals surface area contributed by atoms with Crippen LogP contribution in [0.3, 0.4) is 0 Å². The molecule has 1 aromatic heterocycles. The van der Waals surface area contributed by atoms with Crippen LogP contribution in [0.4, 0.5) is 0 Å². The van der Waals surface area contributed by atoms with Gasteiger partial charge in [0.25, 0.3) is 0 Å². The molecule has 0 fully saturated rings. The van der Waals surface area contributed by atoms with Gasteiger partial charge in [0, 0.05) is 11.8 Å². The minimum absolute atomic E-state index is 0.0707. The van der Waals surface area contributed by atoms with Crippen molar-refractivity contribution in [2.75, 3.05) is 6.26 Å². The van der Waals surface area contributed by atoms with E-state index >= 15 is 0 Å². The molecule has 0 aliphatic carbocycles. The van der Waals surface area contributed by atoms with E-state index in [2.05, 4.69) is 20.2 Å². The van der Waals surface area contributed by atoms with Crippen LogP contribution in [0.1, 0.15) is 18.2 Å². The van der Waals surface area contributed by atoms with Crippen LogP contribution in [0.2, 0.25) is 0 Å². The molecule has 4 N–H and O–H groups in total. The van der Waals surface area contributed by atoms with Gasteiger partial charge < -0.3 is 11.5 Å². The van der Waals surface area contributed by atoms with E-state index in [4.69, 9.17) is 11.5 Å². The van der Waals surface area contributed by atoms with Crippen LogP contribution >= 0.6 is 11.8 Å². The number of aryl methyl sites for hydroxylation is 1. The standard InChI is InChI=1S/C9H14N6S/c1-5-7(4-12-9(13-5)16-3)6(2)14-15-8(10)11/h4H,1-3H3,(H4,10,11,15)/b14-6+. The highest BCUT2D eigenvalue weighted by Crippen LogP contribution is 2.12. The van der Waals surface area contributed by atoms with Crippen molar-refractivity contribution in [3.63, 3.8) is 0 Å². The fourth-order valence-corrected chi connectivity index (χ4v) is 1.47. The molecule has 1 aromatic rings. The topological polar surface area (TPSA) is 103 Å². The Kier molecular flexibility index (Phi) is 4.24. The number of nitrogens with zero attached hydrogens (tertiary/aromatic N) is 4. The molecular weight excluding hydrogens is 224 g/mol. The van der Waals surface area contributed by atoms with E-state index < -0.39 is 0 Å². The first-order valence-electron chi connectivity index (χ1n) is 4.55. The molecule has 0 bridgehead atoms. The van der Waals surface area contributed by atoms with Crippen molar-refractivity contribution in [1.82, 2.24) is 9.97 Å². The van der Waals surface area contributed by atoms with Gasteiger partial charge in [-0.05, 0) is 20.1 Å². The average molecular weight is 238 g/mol. The monoisotopic (exact) mass is 238 g/mol. The van der Waals surface area contributed by atoms with Gasteiger partial charge in [0.2, 0.25) is 5.96 Å². The number of nitrogens with two attached hydrogens (primary N) is 2. The maximum absolute atomic E-state index is 5.19. The van der Waals surface area contributed by atoms with Gasteiger partial charge >= 0.3 is 0 Å². The second kappa shape index (κ2) is 5.45. The van der Waals surface area contributed by atoms with Crippen LogP contribution in [-0.2, 0) is 0 Å². The van der Waals surface area contributed by atoms with Crippen molar-refractivity contribution in [1.29, 1.82) is 0 Å². The highest BCUT2D eigenvalue weighted by atomic mass is 32.2. The van der Waals surface area contributed by atoms with Gasteiger partial charge in [-0.15, -0.1) is 5.10 Å². The van der Waals surface area contributed by atoms with Gasteiger partial charge in [-0.25, -0.2) is 9.97 Å². The number of rotatable bonds is 3. The molecule has 0 saturated carbocycles. The normalized spacial score (nSPS) is 11.3. The van der Waals surface area contributed by atoms with E-state index in [-0.39, 0.29) is 5.96 Å². The van der Waals surface area contributed by atoms with E-state index in [1.807, 2.05) is 13.2 Å². The second-order valence-corrected chi connectivity index (χ2v) is 3.84. The van der Waals surface area contributed by atoms with Gasteiger partial charge in [-0.1, -0.05) is 11.8 Å². The molecule has 0 aliphatic heterocycles. The Hall–Kier alpha value is -1.63. The molecule has 0 aliphatic rings. The minimum Gasteiger partial charge on any atom is -0.369 e. The van der Waals surface area contributed by atoms with Crippen LogP contribution in [0.5, 0.6) is 0 Å². The molecule has 0 spiro atoms. The van der Waals surface area contributed by atoms with Gasteiger partial charge in [0.1, 0.15) is 0 Å². The fourth-order valence-electron chi connectivity index (χ4n) is 1.09. The number of hydrogen-bond donors (Lipinski definition) is 2. The Morgan fingerprint density at radius 1 is 1.38 bits per heavy atom. The molecule has 0 saturated heterocycles. The lowest BCUT2D eigenvalue weighted by Gasteiger charge is -2.03. The summed E-state index contributed by atoms with van der Waals surface area (Å²) in [7, 11) is 0. The third kappa shape index (κ3) is 3.20. The fraction of sp³-hybridized carbons (Fsp3) is 0.333.